The van der Waals surface area contributed by atoms with Gasteiger partial charge in [-0.15, -0.1) is 11.8 Å². The molecule has 2 rings (SSSR count). The van der Waals surface area contributed by atoms with E-state index in [2.05, 4.69) is 44.5 Å². The van der Waals surface area contributed by atoms with Crippen molar-refractivity contribution in [3.05, 3.63) is 23.4 Å². The average molecular weight is 280 g/mol. The Hall–Kier alpha value is -0.580. The first-order valence-electron chi connectivity index (χ1n) is 6.86. The van der Waals surface area contributed by atoms with Crippen molar-refractivity contribution in [2.75, 3.05) is 19.5 Å². The highest BCUT2D eigenvalue weighted by molar-refractivity contribution is 7.98. The van der Waals surface area contributed by atoms with Crippen molar-refractivity contribution in [3.63, 3.8) is 0 Å². The average Bonchev–Trinajstić information content (AvgIpc) is 2.88. The zero-order valence-corrected chi connectivity index (χ0v) is 13.1. The van der Waals surface area contributed by atoms with Crippen LogP contribution in [0.2, 0.25) is 0 Å². The molecule has 1 N–H and O–H groups in total. The van der Waals surface area contributed by atoms with Gasteiger partial charge in [0.1, 0.15) is 0 Å². The number of thioether (sulfide) groups is 1. The van der Waals surface area contributed by atoms with Crippen molar-refractivity contribution in [3.8, 4) is 0 Å². The summed E-state index contributed by atoms with van der Waals surface area (Å²) >= 11 is 1.70. The van der Waals surface area contributed by atoms with Gasteiger partial charge in [-0.05, 0) is 45.1 Å². The molecular formula is C15H24N2OS. The summed E-state index contributed by atoms with van der Waals surface area (Å²) in [6, 6.07) is 4.36. The summed E-state index contributed by atoms with van der Waals surface area (Å²) in [7, 11) is 0. The summed E-state index contributed by atoms with van der Waals surface area (Å²) < 4.78 is 5.52. The monoisotopic (exact) mass is 280 g/mol. The second-order valence-electron chi connectivity index (χ2n) is 6.05. The van der Waals surface area contributed by atoms with E-state index in [4.69, 9.17) is 9.72 Å². The Bertz CT molecular complexity index is 423. The van der Waals surface area contributed by atoms with Gasteiger partial charge in [-0.1, -0.05) is 6.07 Å². The maximum atomic E-state index is 5.52. The molecule has 1 aliphatic heterocycles. The van der Waals surface area contributed by atoms with Gasteiger partial charge in [0.25, 0.3) is 0 Å². The molecule has 0 radical (unpaired) electrons. The minimum Gasteiger partial charge on any atom is -0.381 e. The zero-order chi connectivity index (χ0) is 13.9. The van der Waals surface area contributed by atoms with Crippen LogP contribution >= 0.6 is 11.8 Å². The molecule has 1 atom stereocenters. The van der Waals surface area contributed by atoms with Crippen LogP contribution in [-0.2, 0) is 11.3 Å². The molecule has 4 heteroatoms. The van der Waals surface area contributed by atoms with Gasteiger partial charge in [0.05, 0.1) is 17.3 Å². The minimum atomic E-state index is 0.112. The lowest BCUT2D eigenvalue weighted by molar-refractivity contribution is 0.193. The highest BCUT2D eigenvalue weighted by atomic mass is 32.2. The fourth-order valence-corrected chi connectivity index (χ4v) is 2.65. The molecule has 1 unspecified atom stereocenters. The van der Waals surface area contributed by atoms with Crippen LogP contribution in [0.3, 0.4) is 0 Å². The fourth-order valence-electron chi connectivity index (χ4n) is 2.25. The van der Waals surface area contributed by atoms with Crippen LogP contribution in [-0.4, -0.2) is 30.0 Å². The number of nitrogens with one attached hydrogen (secondary N) is 1. The first-order valence-corrected chi connectivity index (χ1v) is 8.08. The van der Waals surface area contributed by atoms with E-state index in [1.54, 1.807) is 11.8 Å². The Morgan fingerprint density at radius 3 is 2.79 bits per heavy atom. The largest absolute Gasteiger partial charge is 0.381 e. The summed E-state index contributed by atoms with van der Waals surface area (Å²) in [6.45, 7) is 9.09. The molecule has 0 amide bonds. The van der Waals surface area contributed by atoms with E-state index < -0.39 is 0 Å². The Morgan fingerprint density at radius 1 is 1.42 bits per heavy atom. The van der Waals surface area contributed by atoms with E-state index in [1.165, 1.54) is 11.3 Å². The van der Waals surface area contributed by atoms with E-state index in [9.17, 15) is 0 Å². The molecule has 1 aromatic rings. The second-order valence-corrected chi connectivity index (χ2v) is 6.88. The highest BCUT2D eigenvalue weighted by Gasteiger charge is 2.22. The molecule has 0 saturated carbocycles. The lowest BCUT2D eigenvalue weighted by Gasteiger charge is -2.22. The fraction of sp³-hybridized carbons (Fsp3) is 0.667. The SMILES string of the molecule is CSc1ccc(C2CCOC2)c(CNC(C)(C)C)n1. The third kappa shape index (κ3) is 4.20. The molecule has 0 aromatic carbocycles. The van der Waals surface area contributed by atoms with Gasteiger partial charge in [-0.2, -0.15) is 0 Å². The molecule has 1 fully saturated rings. The van der Waals surface area contributed by atoms with Crippen molar-refractivity contribution in [2.24, 2.45) is 0 Å². The summed E-state index contributed by atoms with van der Waals surface area (Å²) in [6.07, 6.45) is 3.18. The minimum absolute atomic E-state index is 0.112. The van der Waals surface area contributed by atoms with Crippen molar-refractivity contribution >= 4 is 11.8 Å². The summed E-state index contributed by atoms with van der Waals surface area (Å²) in [4.78, 5) is 4.78. The topological polar surface area (TPSA) is 34.1 Å². The molecule has 2 heterocycles. The first kappa shape index (κ1) is 14.8. The van der Waals surface area contributed by atoms with Gasteiger partial charge in [-0.3, -0.25) is 0 Å². The van der Waals surface area contributed by atoms with Crippen molar-refractivity contribution in [2.45, 2.75) is 50.2 Å². The van der Waals surface area contributed by atoms with Crippen LogP contribution in [0.1, 0.15) is 44.4 Å². The Morgan fingerprint density at radius 2 is 2.21 bits per heavy atom. The van der Waals surface area contributed by atoms with Crippen LogP contribution in [0.5, 0.6) is 0 Å². The van der Waals surface area contributed by atoms with Crippen LogP contribution in [0.4, 0.5) is 0 Å². The van der Waals surface area contributed by atoms with E-state index in [-0.39, 0.29) is 5.54 Å². The molecule has 0 spiro atoms. The van der Waals surface area contributed by atoms with Crippen LogP contribution < -0.4 is 5.32 Å². The van der Waals surface area contributed by atoms with Crippen molar-refractivity contribution in [1.82, 2.24) is 10.3 Å². The number of rotatable bonds is 4. The third-order valence-corrected chi connectivity index (χ3v) is 3.99. The summed E-state index contributed by atoms with van der Waals surface area (Å²) in [5.41, 5.74) is 2.64. The van der Waals surface area contributed by atoms with Crippen LogP contribution in [0, 0.1) is 0 Å². The zero-order valence-electron chi connectivity index (χ0n) is 12.3. The molecular weight excluding hydrogens is 256 g/mol. The van der Waals surface area contributed by atoms with Gasteiger partial charge >= 0.3 is 0 Å². The Balaban J connectivity index is 2.20. The number of ether oxygens (including phenoxy) is 1. The quantitative estimate of drug-likeness (QED) is 0.859. The van der Waals surface area contributed by atoms with Crippen LogP contribution in [0.15, 0.2) is 17.2 Å². The number of hydrogen-bond donors (Lipinski definition) is 1. The van der Waals surface area contributed by atoms with E-state index in [0.717, 1.165) is 31.2 Å². The Labute approximate surface area is 120 Å². The normalized spacial score (nSPS) is 19.9. The maximum Gasteiger partial charge on any atom is 0.0961 e. The third-order valence-electron chi connectivity index (χ3n) is 3.35. The standard InChI is InChI=1S/C15H24N2OS/c1-15(2,3)16-9-13-12(11-7-8-18-10-11)5-6-14(17-13)19-4/h5-6,11,16H,7-10H2,1-4H3. The smallest absolute Gasteiger partial charge is 0.0961 e. The number of nitrogens with zero attached hydrogens (tertiary/aromatic N) is 1. The molecule has 1 aromatic heterocycles. The molecule has 106 valence electrons. The number of aromatic nitrogens is 1. The first-order chi connectivity index (χ1) is 8.99. The summed E-state index contributed by atoms with van der Waals surface area (Å²) in [5.74, 6) is 0.514. The van der Waals surface area contributed by atoms with E-state index in [1.807, 2.05) is 0 Å². The lowest BCUT2D eigenvalue weighted by atomic mass is 9.96. The Kier molecular flexibility index (Phi) is 4.87. The van der Waals surface area contributed by atoms with Crippen molar-refractivity contribution in [1.29, 1.82) is 0 Å². The predicted molar refractivity (Wildman–Crippen MR) is 80.8 cm³/mol. The summed E-state index contributed by atoms with van der Waals surface area (Å²) in [5, 5.41) is 4.63. The van der Waals surface area contributed by atoms with Gasteiger partial charge in [0.15, 0.2) is 0 Å². The molecule has 0 aliphatic carbocycles. The molecule has 1 saturated heterocycles. The van der Waals surface area contributed by atoms with Gasteiger partial charge in [0, 0.05) is 24.6 Å². The van der Waals surface area contributed by atoms with Gasteiger partial charge in [-0.25, -0.2) is 4.98 Å². The number of pyridine rings is 1. The van der Waals surface area contributed by atoms with E-state index in [0.29, 0.717) is 5.92 Å². The molecule has 19 heavy (non-hydrogen) atoms. The highest BCUT2D eigenvalue weighted by Crippen LogP contribution is 2.29. The van der Waals surface area contributed by atoms with Gasteiger partial charge < -0.3 is 10.1 Å². The van der Waals surface area contributed by atoms with E-state index >= 15 is 0 Å². The number of hydrogen-bond acceptors (Lipinski definition) is 4. The second kappa shape index (κ2) is 6.25. The maximum absolute atomic E-state index is 5.52. The molecule has 1 aliphatic rings. The molecule has 3 nitrogen and oxygen atoms in total. The van der Waals surface area contributed by atoms with Crippen LogP contribution in [0.25, 0.3) is 0 Å². The predicted octanol–water partition coefficient (Wildman–Crippen LogP) is 3.20. The lowest BCUT2D eigenvalue weighted by Crippen LogP contribution is -2.35. The van der Waals surface area contributed by atoms with Crippen molar-refractivity contribution < 1.29 is 4.74 Å². The molecule has 0 bridgehead atoms. The van der Waals surface area contributed by atoms with Gasteiger partial charge in [0.2, 0.25) is 0 Å².